The van der Waals surface area contributed by atoms with E-state index in [1.807, 2.05) is 18.3 Å². The number of anilines is 1. The van der Waals surface area contributed by atoms with Crippen LogP contribution in [0.15, 0.2) is 55.3 Å². The summed E-state index contributed by atoms with van der Waals surface area (Å²) in [4.78, 5) is 25.6. The summed E-state index contributed by atoms with van der Waals surface area (Å²) in [5.74, 6) is -0.396. The molecule has 0 atom stereocenters. The Hall–Kier alpha value is -2.82. The molecular formula is C18H21N3O2. The maximum absolute atomic E-state index is 12.6. The molecule has 0 unspecified atom stereocenters. The minimum atomic E-state index is -0.302. The standard InChI is InChI=1S/C18H21N3O2/c1-4-17(22)19-15-9-6-8-14(12-15)18(23)20(3)13-16-10-7-11-21(16)5-2/h4,6-12H,1,5,13H2,2-3H3,(H,19,22). The fourth-order valence-corrected chi connectivity index (χ4v) is 2.36. The molecule has 1 N–H and O–H groups in total. The highest BCUT2D eigenvalue weighted by Crippen LogP contribution is 2.14. The minimum absolute atomic E-state index is 0.0939. The third kappa shape index (κ3) is 4.10. The van der Waals surface area contributed by atoms with Crippen molar-refractivity contribution in [3.05, 3.63) is 66.5 Å². The normalized spacial score (nSPS) is 10.2. The number of amides is 2. The second kappa shape index (κ2) is 7.45. The van der Waals surface area contributed by atoms with Crippen LogP contribution in [0.2, 0.25) is 0 Å². The lowest BCUT2D eigenvalue weighted by atomic mass is 10.1. The van der Waals surface area contributed by atoms with Crippen molar-refractivity contribution in [2.75, 3.05) is 12.4 Å². The molecule has 0 aliphatic carbocycles. The van der Waals surface area contributed by atoms with Crippen LogP contribution >= 0.6 is 0 Å². The zero-order valence-electron chi connectivity index (χ0n) is 13.5. The highest BCUT2D eigenvalue weighted by molar-refractivity contribution is 6.00. The molecule has 5 nitrogen and oxygen atoms in total. The number of benzene rings is 1. The highest BCUT2D eigenvalue weighted by atomic mass is 16.2. The van der Waals surface area contributed by atoms with Crippen LogP contribution in [0.3, 0.4) is 0 Å². The van der Waals surface area contributed by atoms with Gasteiger partial charge < -0.3 is 14.8 Å². The Morgan fingerprint density at radius 2 is 2.09 bits per heavy atom. The number of aromatic nitrogens is 1. The molecule has 0 spiro atoms. The van der Waals surface area contributed by atoms with E-state index >= 15 is 0 Å². The molecule has 23 heavy (non-hydrogen) atoms. The van der Waals surface area contributed by atoms with Crippen molar-refractivity contribution >= 4 is 17.5 Å². The van der Waals surface area contributed by atoms with Crippen molar-refractivity contribution in [1.29, 1.82) is 0 Å². The summed E-state index contributed by atoms with van der Waals surface area (Å²) in [5, 5.41) is 2.66. The molecule has 2 amide bonds. The molecular weight excluding hydrogens is 290 g/mol. The maximum Gasteiger partial charge on any atom is 0.254 e. The zero-order chi connectivity index (χ0) is 16.8. The summed E-state index contributed by atoms with van der Waals surface area (Å²) >= 11 is 0. The van der Waals surface area contributed by atoms with E-state index in [1.54, 1.807) is 36.2 Å². The average Bonchev–Trinajstić information content (AvgIpc) is 3.01. The summed E-state index contributed by atoms with van der Waals surface area (Å²) in [6.07, 6.45) is 3.19. The fourth-order valence-electron chi connectivity index (χ4n) is 2.36. The second-order valence-electron chi connectivity index (χ2n) is 5.22. The van der Waals surface area contributed by atoms with Gasteiger partial charge in [-0.05, 0) is 43.3 Å². The number of carbonyl (C=O) groups is 2. The first-order valence-electron chi connectivity index (χ1n) is 7.48. The van der Waals surface area contributed by atoms with Gasteiger partial charge in [0.05, 0.1) is 6.54 Å². The number of carbonyl (C=O) groups excluding carboxylic acids is 2. The van der Waals surface area contributed by atoms with Crippen molar-refractivity contribution in [2.45, 2.75) is 20.0 Å². The fraction of sp³-hybridized carbons (Fsp3) is 0.222. The number of rotatable bonds is 6. The van der Waals surface area contributed by atoms with Gasteiger partial charge in [0.1, 0.15) is 0 Å². The first kappa shape index (κ1) is 16.5. The quantitative estimate of drug-likeness (QED) is 0.834. The van der Waals surface area contributed by atoms with Crippen LogP contribution in [0, 0.1) is 0 Å². The number of hydrogen-bond donors (Lipinski definition) is 1. The molecule has 0 saturated heterocycles. The zero-order valence-corrected chi connectivity index (χ0v) is 13.5. The Morgan fingerprint density at radius 3 is 2.78 bits per heavy atom. The van der Waals surface area contributed by atoms with Crippen molar-refractivity contribution in [2.24, 2.45) is 0 Å². The third-order valence-electron chi connectivity index (χ3n) is 3.57. The monoisotopic (exact) mass is 311 g/mol. The Balaban J connectivity index is 2.11. The van der Waals surface area contributed by atoms with Gasteiger partial charge in [0.15, 0.2) is 0 Å². The van der Waals surface area contributed by atoms with Crippen LogP contribution in [0.25, 0.3) is 0 Å². The van der Waals surface area contributed by atoms with Gasteiger partial charge in [-0.1, -0.05) is 12.6 Å². The SMILES string of the molecule is C=CC(=O)Nc1cccc(C(=O)N(C)Cc2cccn2CC)c1. The molecule has 2 rings (SSSR count). The predicted octanol–water partition coefficient (Wildman–Crippen LogP) is 2.90. The predicted molar refractivity (Wildman–Crippen MR) is 91.2 cm³/mol. The van der Waals surface area contributed by atoms with Gasteiger partial charge in [0.2, 0.25) is 5.91 Å². The van der Waals surface area contributed by atoms with Crippen LogP contribution in [0.1, 0.15) is 23.0 Å². The number of nitrogens with one attached hydrogen (secondary N) is 1. The van der Waals surface area contributed by atoms with Crippen LogP contribution in [-0.2, 0) is 17.9 Å². The summed E-state index contributed by atoms with van der Waals surface area (Å²) in [6.45, 7) is 6.88. The molecule has 0 radical (unpaired) electrons. The Morgan fingerprint density at radius 1 is 1.30 bits per heavy atom. The highest BCUT2D eigenvalue weighted by Gasteiger charge is 2.14. The van der Waals surface area contributed by atoms with Crippen LogP contribution in [0.4, 0.5) is 5.69 Å². The van der Waals surface area contributed by atoms with E-state index in [1.165, 1.54) is 6.08 Å². The lowest BCUT2D eigenvalue weighted by Crippen LogP contribution is -2.27. The van der Waals surface area contributed by atoms with E-state index in [0.29, 0.717) is 17.8 Å². The molecule has 1 aromatic carbocycles. The van der Waals surface area contributed by atoms with Gasteiger partial charge >= 0.3 is 0 Å². The van der Waals surface area contributed by atoms with E-state index in [9.17, 15) is 9.59 Å². The number of hydrogen-bond acceptors (Lipinski definition) is 2. The largest absolute Gasteiger partial charge is 0.350 e. The summed E-state index contributed by atoms with van der Waals surface area (Å²) in [7, 11) is 1.77. The van der Waals surface area contributed by atoms with Crippen molar-refractivity contribution < 1.29 is 9.59 Å². The van der Waals surface area contributed by atoms with E-state index in [4.69, 9.17) is 0 Å². The van der Waals surface area contributed by atoms with Gasteiger partial charge in [0, 0.05) is 36.7 Å². The van der Waals surface area contributed by atoms with Crippen molar-refractivity contribution in [3.8, 4) is 0 Å². The molecule has 1 aromatic heterocycles. The summed E-state index contributed by atoms with van der Waals surface area (Å²) in [6, 6.07) is 10.9. The Kier molecular flexibility index (Phi) is 5.36. The average molecular weight is 311 g/mol. The van der Waals surface area contributed by atoms with E-state index < -0.39 is 0 Å². The molecule has 1 heterocycles. The Bertz CT molecular complexity index is 719. The molecule has 0 aliphatic rings. The van der Waals surface area contributed by atoms with Crippen molar-refractivity contribution in [1.82, 2.24) is 9.47 Å². The molecule has 0 bridgehead atoms. The lowest BCUT2D eigenvalue weighted by molar-refractivity contribution is -0.111. The van der Waals surface area contributed by atoms with Crippen LogP contribution < -0.4 is 5.32 Å². The first-order valence-corrected chi connectivity index (χ1v) is 7.48. The van der Waals surface area contributed by atoms with Gasteiger partial charge in [0.25, 0.3) is 5.91 Å². The topological polar surface area (TPSA) is 54.3 Å². The third-order valence-corrected chi connectivity index (χ3v) is 3.57. The molecule has 0 aliphatic heterocycles. The number of nitrogens with zero attached hydrogens (tertiary/aromatic N) is 2. The van der Waals surface area contributed by atoms with E-state index in [0.717, 1.165) is 12.2 Å². The molecule has 2 aromatic rings. The molecule has 5 heteroatoms. The van der Waals surface area contributed by atoms with Crippen molar-refractivity contribution in [3.63, 3.8) is 0 Å². The van der Waals surface area contributed by atoms with E-state index in [-0.39, 0.29) is 11.8 Å². The van der Waals surface area contributed by atoms with Crippen LogP contribution in [0.5, 0.6) is 0 Å². The maximum atomic E-state index is 12.6. The van der Waals surface area contributed by atoms with E-state index in [2.05, 4.69) is 23.4 Å². The smallest absolute Gasteiger partial charge is 0.254 e. The lowest BCUT2D eigenvalue weighted by Gasteiger charge is -2.19. The first-order chi connectivity index (χ1) is 11.0. The van der Waals surface area contributed by atoms with Gasteiger partial charge in [-0.15, -0.1) is 0 Å². The summed E-state index contributed by atoms with van der Waals surface area (Å²) in [5.41, 5.74) is 2.19. The second-order valence-corrected chi connectivity index (χ2v) is 5.22. The number of aryl methyl sites for hydroxylation is 1. The van der Waals surface area contributed by atoms with Crippen LogP contribution in [-0.4, -0.2) is 28.3 Å². The molecule has 0 fully saturated rings. The van der Waals surface area contributed by atoms with Gasteiger partial charge in [-0.25, -0.2) is 0 Å². The minimum Gasteiger partial charge on any atom is -0.350 e. The van der Waals surface area contributed by atoms with Gasteiger partial charge in [-0.3, -0.25) is 9.59 Å². The molecule has 120 valence electrons. The molecule has 0 saturated carbocycles. The summed E-state index contributed by atoms with van der Waals surface area (Å²) < 4.78 is 2.10. The Labute approximate surface area is 136 Å². The van der Waals surface area contributed by atoms with Gasteiger partial charge in [-0.2, -0.15) is 0 Å².